The van der Waals surface area contributed by atoms with E-state index >= 15 is 0 Å². The van der Waals surface area contributed by atoms with Crippen molar-refractivity contribution < 1.29 is 20.4 Å². The molecule has 0 aromatic carbocycles. The van der Waals surface area contributed by atoms with Crippen molar-refractivity contribution in [2.45, 2.75) is 38.3 Å². The maximum Gasteiger partial charge on any atom is 0.0703 e. The molecular weight excluding hydrogens is 278 g/mol. The van der Waals surface area contributed by atoms with Crippen LogP contribution < -0.4 is 0 Å². The van der Waals surface area contributed by atoms with Crippen molar-refractivity contribution in [1.29, 1.82) is 0 Å². The molecule has 2 unspecified atom stereocenters. The fourth-order valence-electron chi connectivity index (χ4n) is 4.02. The second-order valence-corrected chi connectivity index (χ2v) is 7.10. The van der Waals surface area contributed by atoms with E-state index in [1.807, 2.05) is 13.8 Å². The van der Waals surface area contributed by atoms with Gasteiger partial charge in [-0.1, -0.05) is 38.3 Å². The molecule has 2 aliphatic rings. The minimum atomic E-state index is 0.153. The zero-order valence-corrected chi connectivity index (χ0v) is 13.8. The smallest absolute Gasteiger partial charge is 0.0703 e. The van der Waals surface area contributed by atoms with E-state index in [9.17, 15) is 0 Å². The van der Waals surface area contributed by atoms with Gasteiger partial charge in [0, 0.05) is 26.4 Å². The van der Waals surface area contributed by atoms with E-state index in [1.165, 1.54) is 0 Å². The SMILES string of the molecule is [B][C@@H]1C[C@H](CO)[C@@H](CO)C1C.[B][C@H]1C[C@H](CO)[C@@H](CO)C1C. The van der Waals surface area contributed by atoms with Gasteiger partial charge in [-0.15, -0.1) is 0 Å². The molecule has 8 atom stereocenters. The van der Waals surface area contributed by atoms with Crippen molar-refractivity contribution in [2.24, 2.45) is 35.5 Å². The van der Waals surface area contributed by atoms with Crippen molar-refractivity contribution in [3.63, 3.8) is 0 Å². The maximum atomic E-state index is 8.99. The Morgan fingerprint density at radius 1 is 0.682 bits per heavy atom. The Balaban J connectivity index is 0.000000220. The number of rotatable bonds is 4. The molecule has 0 aromatic rings. The fraction of sp³-hybridized carbons (Fsp3) is 1.00. The highest BCUT2D eigenvalue weighted by molar-refractivity contribution is 6.12. The van der Waals surface area contributed by atoms with Gasteiger partial charge >= 0.3 is 0 Å². The summed E-state index contributed by atoms with van der Waals surface area (Å²) < 4.78 is 0. The highest BCUT2D eigenvalue weighted by Crippen LogP contribution is 2.43. The van der Waals surface area contributed by atoms with Crippen LogP contribution in [-0.4, -0.2) is 62.5 Å². The quantitative estimate of drug-likeness (QED) is 0.567. The van der Waals surface area contributed by atoms with E-state index in [0.717, 1.165) is 12.8 Å². The highest BCUT2D eigenvalue weighted by atomic mass is 16.3. The molecule has 2 rings (SSSR count). The fourth-order valence-corrected chi connectivity index (χ4v) is 4.02. The molecule has 0 aliphatic heterocycles. The van der Waals surface area contributed by atoms with Gasteiger partial charge in [-0.05, 0) is 35.5 Å². The molecule has 0 aromatic heterocycles. The Labute approximate surface area is 137 Å². The van der Waals surface area contributed by atoms with Crippen LogP contribution in [0.25, 0.3) is 0 Å². The minimum Gasteiger partial charge on any atom is -0.396 e. The molecule has 2 saturated carbocycles. The summed E-state index contributed by atoms with van der Waals surface area (Å²) in [5.41, 5.74) is 0. The second kappa shape index (κ2) is 9.31. The van der Waals surface area contributed by atoms with Crippen molar-refractivity contribution >= 4 is 15.7 Å². The standard InChI is InChI=1S/2C8H15BO2/c2*1-5-7(4-11)6(3-10)2-8(5)9/h2*5-8,10-11H,2-4H2,1H3/t5?,6-,7+,8+;5?,6-,7+,8-/m11/s1. The molecule has 4 nitrogen and oxygen atoms in total. The van der Waals surface area contributed by atoms with Gasteiger partial charge in [0.05, 0.1) is 15.7 Å². The monoisotopic (exact) mass is 308 g/mol. The predicted octanol–water partition coefficient (Wildman–Crippen LogP) is 0.400. The summed E-state index contributed by atoms with van der Waals surface area (Å²) in [6.07, 6.45) is 1.70. The van der Waals surface area contributed by atoms with Gasteiger partial charge in [0.1, 0.15) is 0 Å². The van der Waals surface area contributed by atoms with Crippen LogP contribution >= 0.6 is 0 Å². The molecule has 0 saturated heterocycles. The molecule has 6 heteroatoms. The summed E-state index contributed by atoms with van der Waals surface area (Å²) in [6, 6.07) is 0. The van der Waals surface area contributed by atoms with E-state index in [4.69, 9.17) is 36.1 Å². The number of aliphatic hydroxyl groups is 4. The first-order valence-corrected chi connectivity index (χ1v) is 8.35. The van der Waals surface area contributed by atoms with Crippen LogP contribution in [0.4, 0.5) is 0 Å². The van der Waals surface area contributed by atoms with Gasteiger partial charge < -0.3 is 20.4 Å². The zero-order valence-electron chi connectivity index (χ0n) is 13.8. The molecule has 0 heterocycles. The first kappa shape index (κ1) is 20.0. The zero-order chi connectivity index (χ0) is 16.9. The molecule has 124 valence electrons. The lowest BCUT2D eigenvalue weighted by atomic mass is 9.78. The van der Waals surface area contributed by atoms with Gasteiger partial charge in [0.2, 0.25) is 0 Å². The molecule has 0 spiro atoms. The Kier molecular flexibility index (Phi) is 8.47. The number of hydrogen-bond acceptors (Lipinski definition) is 4. The van der Waals surface area contributed by atoms with Crippen LogP contribution in [0.1, 0.15) is 26.7 Å². The van der Waals surface area contributed by atoms with Crippen LogP contribution in [0.2, 0.25) is 11.6 Å². The number of hydrogen-bond donors (Lipinski definition) is 4. The van der Waals surface area contributed by atoms with Gasteiger partial charge in [-0.25, -0.2) is 0 Å². The maximum absolute atomic E-state index is 8.99. The third-order valence-electron chi connectivity index (χ3n) is 5.95. The lowest BCUT2D eigenvalue weighted by Gasteiger charge is -2.18. The summed E-state index contributed by atoms with van der Waals surface area (Å²) in [5.74, 6) is 1.84. The van der Waals surface area contributed by atoms with Gasteiger partial charge in [-0.2, -0.15) is 0 Å². The first-order valence-electron chi connectivity index (χ1n) is 8.35. The molecule has 2 aliphatic carbocycles. The lowest BCUT2D eigenvalue weighted by Crippen LogP contribution is -2.20. The van der Waals surface area contributed by atoms with Crippen molar-refractivity contribution in [2.75, 3.05) is 26.4 Å². The van der Waals surface area contributed by atoms with Crippen molar-refractivity contribution in [3.8, 4) is 0 Å². The van der Waals surface area contributed by atoms with Gasteiger partial charge in [-0.3, -0.25) is 0 Å². The van der Waals surface area contributed by atoms with Crippen molar-refractivity contribution in [3.05, 3.63) is 0 Å². The Bertz CT molecular complexity index is 289. The average molecular weight is 308 g/mol. The van der Waals surface area contributed by atoms with Crippen LogP contribution in [0.15, 0.2) is 0 Å². The lowest BCUT2D eigenvalue weighted by molar-refractivity contribution is 0.122. The molecule has 4 radical (unpaired) electrons. The Morgan fingerprint density at radius 2 is 1.00 bits per heavy atom. The third-order valence-corrected chi connectivity index (χ3v) is 5.95. The normalized spacial score (nSPS) is 44.6. The Hall–Kier alpha value is -0.0301. The van der Waals surface area contributed by atoms with E-state index < -0.39 is 0 Å². The average Bonchev–Trinajstić information content (AvgIpc) is 2.96. The van der Waals surface area contributed by atoms with Crippen LogP contribution in [-0.2, 0) is 0 Å². The van der Waals surface area contributed by atoms with E-state index in [1.54, 1.807) is 0 Å². The molecule has 2 fully saturated rings. The van der Waals surface area contributed by atoms with Crippen molar-refractivity contribution in [1.82, 2.24) is 0 Å². The molecule has 0 bridgehead atoms. The van der Waals surface area contributed by atoms with E-state index in [2.05, 4.69) is 0 Å². The summed E-state index contributed by atoms with van der Waals surface area (Å²) in [6.45, 7) is 4.70. The van der Waals surface area contributed by atoms with Crippen LogP contribution in [0, 0.1) is 35.5 Å². The van der Waals surface area contributed by atoms with Crippen LogP contribution in [0.3, 0.4) is 0 Å². The predicted molar refractivity (Wildman–Crippen MR) is 88.9 cm³/mol. The summed E-state index contributed by atoms with van der Waals surface area (Å²) in [7, 11) is 11.6. The first-order chi connectivity index (χ1) is 10.4. The van der Waals surface area contributed by atoms with E-state index in [-0.39, 0.29) is 61.7 Å². The highest BCUT2D eigenvalue weighted by Gasteiger charge is 2.37. The second-order valence-electron chi connectivity index (χ2n) is 7.10. The van der Waals surface area contributed by atoms with E-state index in [0.29, 0.717) is 11.8 Å². The molecule has 22 heavy (non-hydrogen) atoms. The largest absolute Gasteiger partial charge is 0.396 e. The molecule has 4 N–H and O–H groups in total. The topological polar surface area (TPSA) is 80.9 Å². The van der Waals surface area contributed by atoms with Gasteiger partial charge in [0.25, 0.3) is 0 Å². The third kappa shape index (κ3) is 4.50. The molecular formula is C16H30B2O4. The summed E-state index contributed by atoms with van der Waals surface area (Å²) in [5, 5.41) is 35.9. The van der Waals surface area contributed by atoms with Gasteiger partial charge in [0.15, 0.2) is 0 Å². The summed E-state index contributed by atoms with van der Waals surface area (Å²) in [4.78, 5) is 0. The number of aliphatic hydroxyl groups excluding tert-OH is 4. The minimum absolute atomic E-state index is 0.153. The summed E-state index contributed by atoms with van der Waals surface area (Å²) >= 11 is 0. The van der Waals surface area contributed by atoms with Crippen LogP contribution in [0.5, 0.6) is 0 Å². The Morgan fingerprint density at radius 3 is 1.18 bits per heavy atom. The molecule has 0 amide bonds.